The van der Waals surface area contributed by atoms with Crippen molar-refractivity contribution in [3.63, 3.8) is 0 Å². The lowest BCUT2D eigenvalue weighted by molar-refractivity contribution is -0.125. The van der Waals surface area contributed by atoms with E-state index < -0.39 is 23.7 Å². The van der Waals surface area contributed by atoms with Gasteiger partial charge in [-0.1, -0.05) is 36.4 Å². The van der Waals surface area contributed by atoms with Crippen molar-refractivity contribution in [1.82, 2.24) is 9.97 Å². The number of anilines is 2. The standard InChI is InChI=1S/C22H18N4O4/c23-12-15(27)11-20(29)26(18-9-13-5-1-4-8-17(13)25-22(18)30)21-19(28)10-14-6-2-3-7-16(14)24-21/h1-10,28H,11-12,23H2,(H,25,30). The molecule has 0 saturated heterocycles. The number of hydrogen-bond donors (Lipinski definition) is 3. The van der Waals surface area contributed by atoms with E-state index in [9.17, 15) is 19.5 Å². The molecule has 2 aromatic carbocycles. The van der Waals surface area contributed by atoms with Crippen LogP contribution in [0.2, 0.25) is 0 Å². The summed E-state index contributed by atoms with van der Waals surface area (Å²) in [5.74, 6) is -1.65. The van der Waals surface area contributed by atoms with E-state index in [1.54, 1.807) is 48.5 Å². The first-order chi connectivity index (χ1) is 14.5. The molecule has 4 rings (SSSR count). The fraction of sp³-hybridized carbons (Fsp3) is 0.0909. The van der Waals surface area contributed by atoms with Gasteiger partial charge in [0.05, 0.1) is 18.5 Å². The van der Waals surface area contributed by atoms with Crippen LogP contribution in [0, 0.1) is 0 Å². The summed E-state index contributed by atoms with van der Waals surface area (Å²) in [5, 5.41) is 11.9. The molecule has 0 aliphatic rings. The lowest BCUT2D eigenvalue weighted by Gasteiger charge is -2.22. The summed E-state index contributed by atoms with van der Waals surface area (Å²) in [5.41, 5.74) is 5.85. The second-order valence-electron chi connectivity index (χ2n) is 6.74. The lowest BCUT2D eigenvalue weighted by atomic mass is 10.1. The highest BCUT2D eigenvalue weighted by atomic mass is 16.3. The van der Waals surface area contributed by atoms with E-state index in [-0.39, 0.29) is 23.8 Å². The number of nitrogens with one attached hydrogen (secondary N) is 1. The van der Waals surface area contributed by atoms with Crippen LogP contribution in [0.1, 0.15) is 6.42 Å². The number of carbonyl (C=O) groups excluding carboxylic acids is 2. The van der Waals surface area contributed by atoms with Crippen LogP contribution in [0.15, 0.2) is 65.5 Å². The largest absolute Gasteiger partial charge is 0.504 e. The zero-order valence-electron chi connectivity index (χ0n) is 15.8. The number of carbonyl (C=O) groups is 2. The molecule has 2 heterocycles. The summed E-state index contributed by atoms with van der Waals surface area (Å²) in [4.78, 5) is 45.8. The molecular formula is C22H18N4O4. The first-order valence-electron chi connectivity index (χ1n) is 9.23. The van der Waals surface area contributed by atoms with Crippen LogP contribution in [0.25, 0.3) is 21.8 Å². The number of rotatable bonds is 5. The average molecular weight is 402 g/mol. The molecule has 0 fully saturated rings. The maximum atomic E-state index is 13.0. The normalized spacial score (nSPS) is 11.0. The Morgan fingerprint density at radius 3 is 2.50 bits per heavy atom. The van der Waals surface area contributed by atoms with Gasteiger partial charge in [-0.25, -0.2) is 4.98 Å². The van der Waals surface area contributed by atoms with Crippen molar-refractivity contribution in [3.05, 3.63) is 71.0 Å². The monoisotopic (exact) mass is 402 g/mol. The van der Waals surface area contributed by atoms with Crippen molar-refractivity contribution in [2.45, 2.75) is 6.42 Å². The summed E-state index contributed by atoms with van der Waals surface area (Å²) in [7, 11) is 0. The minimum absolute atomic E-state index is 0.0541. The van der Waals surface area contributed by atoms with E-state index in [4.69, 9.17) is 5.73 Å². The maximum absolute atomic E-state index is 13.0. The highest BCUT2D eigenvalue weighted by Gasteiger charge is 2.27. The number of H-pyrrole nitrogens is 1. The zero-order chi connectivity index (χ0) is 21.3. The smallest absolute Gasteiger partial charge is 0.272 e. The molecule has 0 bridgehead atoms. The zero-order valence-corrected chi connectivity index (χ0v) is 15.8. The molecule has 0 aliphatic heterocycles. The Morgan fingerprint density at radius 1 is 1.03 bits per heavy atom. The third-order valence-electron chi connectivity index (χ3n) is 4.70. The molecular weight excluding hydrogens is 384 g/mol. The molecule has 4 N–H and O–H groups in total. The lowest BCUT2D eigenvalue weighted by Crippen LogP contribution is -2.34. The molecule has 0 unspecified atom stereocenters. The van der Waals surface area contributed by atoms with E-state index in [2.05, 4.69) is 9.97 Å². The van der Waals surface area contributed by atoms with Crippen LogP contribution >= 0.6 is 0 Å². The van der Waals surface area contributed by atoms with E-state index in [0.29, 0.717) is 21.8 Å². The molecule has 8 heteroatoms. The van der Waals surface area contributed by atoms with Gasteiger partial charge in [0.25, 0.3) is 5.56 Å². The van der Waals surface area contributed by atoms with Crippen molar-refractivity contribution in [2.75, 3.05) is 11.4 Å². The number of nitrogens with two attached hydrogens (primary N) is 1. The molecule has 0 atom stereocenters. The number of pyridine rings is 2. The molecule has 1 amide bonds. The SMILES string of the molecule is NCC(=O)CC(=O)N(c1nc2ccccc2cc1O)c1cc2ccccc2[nH]c1=O. The number of aromatic amines is 1. The van der Waals surface area contributed by atoms with Crippen LogP contribution in [0.3, 0.4) is 0 Å². The van der Waals surface area contributed by atoms with Crippen LogP contribution in [-0.4, -0.2) is 33.3 Å². The van der Waals surface area contributed by atoms with Gasteiger partial charge in [0.1, 0.15) is 5.69 Å². The number of ketones is 1. The minimum Gasteiger partial charge on any atom is -0.504 e. The highest BCUT2D eigenvalue weighted by molar-refractivity contribution is 6.11. The average Bonchev–Trinajstić information content (AvgIpc) is 2.74. The van der Waals surface area contributed by atoms with Gasteiger partial charge in [0.15, 0.2) is 17.4 Å². The molecule has 0 radical (unpaired) electrons. The molecule has 0 spiro atoms. The molecule has 2 aromatic heterocycles. The molecule has 0 saturated carbocycles. The first kappa shape index (κ1) is 19.3. The third-order valence-corrected chi connectivity index (χ3v) is 4.70. The second kappa shape index (κ2) is 7.76. The molecule has 4 aromatic rings. The highest BCUT2D eigenvalue weighted by Crippen LogP contribution is 2.34. The van der Waals surface area contributed by atoms with Gasteiger partial charge in [-0.05, 0) is 24.3 Å². The quantitative estimate of drug-likeness (QED) is 0.440. The van der Waals surface area contributed by atoms with Crippen LogP contribution < -0.4 is 16.2 Å². The van der Waals surface area contributed by atoms with Gasteiger partial charge in [-0.3, -0.25) is 19.3 Å². The van der Waals surface area contributed by atoms with Gasteiger partial charge < -0.3 is 15.8 Å². The number of aromatic hydroxyl groups is 1. The Balaban J connectivity index is 1.95. The van der Waals surface area contributed by atoms with Crippen LogP contribution in [-0.2, 0) is 9.59 Å². The van der Waals surface area contributed by atoms with E-state index in [1.807, 2.05) is 0 Å². The Bertz CT molecular complexity index is 1350. The summed E-state index contributed by atoms with van der Waals surface area (Å²) >= 11 is 0. The van der Waals surface area contributed by atoms with Crippen molar-refractivity contribution in [1.29, 1.82) is 0 Å². The number of hydrogen-bond acceptors (Lipinski definition) is 6. The first-order valence-corrected chi connectivity index (χ1v) is 9.23. The predicted octanol–water partition coefficient (Wildman–Crippen LogP) is 2.36. The van der Waals surface area contributed by atoms with Crippen molar-refractivity contribution < 1.29 is 14.7 Å². The van der Waals surface area contributed by atoms with E-state index in [1.165, 1.54) is 12.1 Å². The summed E-state index contributed by atoms with van der Waals surface area (Å²) in [6.07, 6.45) is -0.531. The third kappa shape index (κ3) is 3.51. The van der Waals surface area contributed by atoms with Gasteiger partial charge in [-0.15, -0.1) is 0 Å². The topological polar surface area (TPSA) is 129 Å². The second-order valence-corrected chi connectivity index (χ2v) is 6.74. The van der Waals surface area contributed by atoms with Crippen molar-refractivity contribution in [2.24, 2.45) is 5.73 Å². The number of amides is 1. The molecule has 0 aliphatic carbocycles. The van der Waals surface area contributed by atoms with E-state index in [0.717, 1.165) is 4.90 Å². The Kier molecular flexibility index (Phi) is 4.99. The van der Waals surface area contributed by atoms with Crippen LogP contribution in [0.4, 0.5) is 11.5 Å². The predicted molar refractivity (Wildman–Crippen MR) is 114 cm³/mol. The van der Waals surface area contributed by atoms with Crippen molar-refractivity contribution in [3.8, 4) is 5.75 Å². The number of benzene rings is 2. The molecule has 150 valence electrons. The summed E-state index contributed by atoms with van der Waals surface area (Å²) in [6.45, 7) is -0.315. The van der Waals surface area contributed by atoms with Crippen LogP contribution in [0.5, 0.6) is 5.75 Å². The fourth-order valence-corrected chi connectivity index (χ4v) is 3.25. The number of nitrogens with zero attached hydrogens (tertiary/aromatic N) is 2. The fourth-order valence-electron chi connectivity index (χ4n) is 3.25. The van der Waals surface area contributed by atoms with Gasteiger partial charge in [-0.2, -0.15) is 0 Å². The number of fused-ring (bicyclic) bond motifs is 2. The Hall–Kier alpha value is -4.04. The number of para-hydroxylation sites is 2. The minimum atomic E-state index is -0.718. The van der Waals surface area contributed by atoms with Gasteiger partial charge in [0, 0.05) is 16.3 Å². The van der Waals surface area contributed by atoms with Crippen molar-refractivity contribution >= 4 is 45.0 Å². The Labute approximate surface area is 170 Å². The summed E-state index contributed by atoms with van der Waals surface area (Å²) in [6, 6.07) is 17.1. The number of aromatic nitrogens is 2. The summed E-state index contributed by atoms with van der Waals surface area (Å²) < 4.78 is 0. The molecule has 8 nitrogen and oxygen atoms in total. The molecule has 30 heavy (non-hydrogen) atoms. The van der Waals surface area contributed by atoms with Gasteiger partial charge in [0.2, 0.25) is 5.91 Å². The number of Topliss-reactive ketones (excluding diaryl/α,β-unsaturated/α-hetero) is 1. The van der Waals surface area contributed by atoms with E-state index >= 15 is 0 Å². The van der Waals surface area contributed by atoms with Gasteiger partial charge >= 0.3 is 0 Å². The maximum Gasteiger partial charge on any atom is 0.272 e. The Morgan fingerprint density at radius 2 is 1.73 bits per heavy atom.